The SMILES string of the molecule is C=CC(C)(C)c1cc(/C=C/C(=O)c2ccc(OCOC(=O)C(C)(C)C)cc2)c(OCC)cc1OCOC(=O)C(C)(C)C. The fourth-order valence-corrected chi connectivity index (χ4v) is 3.43. The molecule has 0 amide bonds. The lowest BCUT2D eigenvalue weighted by molar-refractivity contribution is -0.160. The van der Waals surface area contributed by atoms with E-state index >= 15 is 0 Å². The molecule has 228 valence electrons. The zero-order valence-corrected chi connectivity index (χ0v) is 26.3. The van der Waals surface area contributed by atoms with Gasteiger partial charge in [-0.3, -0.25) is 14.4 Å². The molecule has 0 saturated heterocycles. The third-order valence-corrected chi connectivity index (χ3v) is 6.21. The number of esters is 2. The molecule has 8 nitrogen and oxygen atoms in total. The summed E-state index contributed by atoms with van der Waals surface area (Å²) in [6.07, 6.45) is 4.95. The van der Waals surface area contributed by atoms with Gasteiger partial charge in [0.05, 0.1) is 17.4 Å². The molecule has 2 rings (SSSR count). The highest BCUT2D eigenvalue weighted by atomic mass is 16.7. The summed E-state index contributed by atoms with van der Waals surface area (Å²) in [6, 6.07) is 10.2. The topological polar surface area (TPSA) is 97.4 Å². The number of benzene rings is 2. The number of carbonyl (C=O) groups is 3. The van der Waals surface area contributed by atoms with Crippen LogP contribution in [-0.2, 0) is 24.5 Å². The highest BCUT2D eigenvalue weighted by molar-refractivity contribution is 6.07. The highest BCUT2D eigenvalue weighted by Crippen LogP contribution is 2.38. The van der Waals surface area contributed by atoms with Crippen LogP contribution in [0.1, 0.15) is 83.8 Å². The molecule has 0 radical (unpaired) electrons. The first-order valence-corrected chi connectivity index (χ1v) is 13.9. The van der Waals surface area contributed by atoms with E-state index in [1.807, 2.05) is 26.8 Å². The van der Waals surface area contributed by atoms with Crippen molar-refractivity contribution in [1.29, 1.82) is 0 Å². The summed E-state index contributed by atoms with van der Waals surface area (Å²) < 4.78 is 27.6. The van der Waals surface area contributed by atoms with Crippen LogP contribution in [0.4, 0.5) is 0 Å². The third kappa shape index (κ3) is 9.79. The number of hydrogen-bond acceptors (Lipinski definition) is 8. The Balaban J connectivity index is 2.25. The summed E-state index contributed by atoms with van der Waals surface area (Å²) in [5.41, 5.74) is 0.139. The third-order valence-electron chi connectivity index (χ3n) is 6.21. The summed E-state index contributed by atoms with van der Waals surface area (Å²) in [6.45, 7) is 20.3. The van der Waals surface area contributed by atoms with Crippen molar-refractivity contribution in [1.82, 2.24) is 0 Å². The second-order valence-electron chi connectivity index (χ2n) is 12.4. The molecule has 0 heterocycles. The molecule has 2 aromatic carbocycles. The van der Waals surface area contributed by atoms with Crippen LogP contribution < -0.4 is 14.2 Å². The Bertz CT molecular complexity index is 1290. The van der Waals surface area contributed by atoms with Crippen molar-refractivity contribution in [2.45, 2.75) is 67.7 Å². The molecule has 0 aliphatic rings. The maximum absolute atomic E-state index is 13.0. The van der Waals surface area contributed by atoms with Gasteiger partial charge in [-0.05, 0) is 91.0 Å². The van der Waals surface area contributed by atoms with E-state index in [0.717, 1.165) is 5.56 Å². The number of ketones is 1. The molecule has 0 saturated carbocycles. The van der Waals surface area contributed by atoms with Crippen LogP contribution >= 0.6 is 0 Å². The quantitative estimate of drug-likeness (QED) is 0.0801. The van der Waals surface area contributed by atoms with Gasteiger partial charge in [-0.15, -0.1) is 6.58 Å². The zero-order valence-electron chi connectivity index (χ0n) is 26.3. The Morgan fingerprint density at radius 2 is 1.31 bits per heavy atom. The Morgan fingerprint density at radius 3 is 1.81 bits per heavy atom. The highest BCUT2D eigenvalue weighted by Gasteiger charge is 2.26. The van der Waals surface area contributed by atoms with Crippen LogP contribution in [0.3, 0.4) is 0 Å². The molecule has 0 N–H and O–H groups in total. The summed E-state index contributed by atoms with van der Waals surface area (Å²) in [5.74, 6) is 0.499. The molecule has 0 unspecified atom stereocenters. The zero-order chi connectivity index (χ0) is 31.7. The van der Waals surface area contributed by atoms with Crippen molar-refractivity contribution in [2.24, 2.45) is 10.8 Å². The van der Waals surface area contributed by atoms with Gasteiger partial charge in [-0.1, -0.05) is 19.9 Å². The number of rotatable bonds is 13. The molecule has 2 aromatic rings. The van der Waals surface area contributed by atoms with E-state index in [1.54, 1.807) is 84.0 Å². The maximum atomic E-state index is 13.0. The Morgan fingerprint density at radius 1 is 0.762 bits per heavy atom. The van der Waals surface area contributed by atoms with Crippen LogP contribution in [0.2, 0.25) is 0 Å². The average molecular weight is 581 g/mol. The molecule has 0 aliphatic heterocycles. The van der Waals surface area contributed by atoms with Gasteiger partial charge >= 0.3 is 11.9 Å². The Hall–Kier alpha value is -4.07. The van der Waals surface area contributed by atoms with Gasteiger partial charge in [0.25, 0.3) is 0 Å². The fraction of sp³-hybridized carbons (Fsp3) is 0.441. The lowest BCUT2D eigenvalue weighted by Gasteiger charge is -2.26. The molecule has 0 aromatic heterocycles. The van der Waals surface area contributed by atoms with E-state index in [4.69, 9.17) is 23.7 Å². The minimum atomic E-state index is -0.654. The maximum Gasteiger partial charge on any atom is 0.314 e. The Kier molecular flexibility index (Phi) is 11.5. The molecular formula is C34H44O8. The second kappa shape index (κ2) is 14.2. The largest absolute Gasteiger partial charge is 0.493 e. The molecule has 42 heavy (non-hydrogen) atoms. The standard InChI is InChI=1S/C34H44O8/c1-11-34(9,10)26-19-24(28(38-12-2)20-29(26)40-22-42-31(37)33(6,7)8)15-18-27(35)23-13-16-25(17-14-23)39-21-41-30(36)32(3,4)5/h11,13-20H,1,12,21-22H2,2-10H3/b18-15+. The van der Waals surface area contributed by atoms with Crippen LogP contribution in [0.15, 0.2) is 55.1 Å². The average Bonchev–Trinajstić information content (AvgIpc) is 2.91. The molecule has 0 bridgehead atoms. The normalized spacial score (nSPS) is 12.0. The number of carbonyl (C=O) groups excluding carboxylic acids is 3. The number of allylic oxidation sites excluding steroid dienone is 2. The minimum absolute atomic E-state index is 0.217. The lowest BCUT2D eigenvalue weighted by atomic mass is 9.83. The number of hydrogen-bond donors (Lipinski definition) is 0. The van der Waals surface area contributed by atoms with Crippen LogP contribution in [0.5, 0.6) is 17.2 Å². The summed E-state index contributed by atoms with van der Waals surface area (Å²) in [4.78, 5) is 37.0. The summed E-state index contributed by atoms with van der Waals surface area (Å²) >= 11 is 0. The fourth-order valence-electron chi connectivity index (χ4n) is 3.43. The predicted molar refractivity (Wildman–Crippen MR) is 163 cm³/mol. The van der Waals surface area contributed by atoms with Gasteiger partial charge in [0, 0.05) is 28.2 Å². The van der Waals surface area contributed by atoms with Gasteiger partial charge in [0.1, 0.15) is 17.2 Å². The van der Waals surface area contributed by atoms with E-state index in [2.05, 4.69) is 6.58 Å². The first kappa shape index (κ1) is 34.1. The minimum Gasteiger partial charge on any atom is -0.493 e. The van der Waals surface area contributed by atoms with Gasteiger partial charge in [0.2, 0.25) is 13.6 Å². The molecule has 0 atom stereocenters. The number of ether oxygens (including phenoxy) is 5. The molecular weight excluding hydrogens is 536 g/mol. The molecule has 0 spiro atoms. The van der Waals surface area contributed by atoms with Crippen LogP contribution in [-0.4, -0.2) is 37.9 Å². The van der Waals surface area contributed by atoms with Crippen molar-refractivity contribution in [3.8, 4) is 17.2 Å². The van der Waals surface area contributed by atoms with Crippen molar-refractivity contribution in [3.63, 3.8) is 0 Å². The molecule has 0 aliphatic carbocycles. The van der Waals surface area contributed by atoms with Crippen molar-refractivity contribution in [3.05, 3.63) is 71.8 Å². The van der Waals surface area contributed by atoms with Crippen molar-refractivity contribution in [2.75, 3.05) is 20.2 Å². The summed E-state index contributed by atoms with van der Waals surface area (Å²) in [5, 5.41) is 0. The van der Waals surface area contributed by atoms with E-state index in [9.17, 15) is 14.4 Å². The van der Waals surface area contributed by atoms with Gasteiger partial charge < -0.3 is 23.7 Å². The van der Waals surface area contributed by atoms with E-state index in [0.29, 0.717) is 35.0 Å². The molecule has 0 fully saturated rings. The van der Waals surface area contributed by atoms with Crippen molar-refractivity contribution < 1.29 is 38.1 Å². The summed E-state index contributed by atoms with van der Waals surface area (Å²) in [7, 11) is 0. The smallest absolute Gasteiger partial charge is 0.314 e. The van der Waals surface area contributed by atoms with Gasteiger partial charge in [0.15, 0.2) is 5.78 Å². The van der Waals surface area contributed by atoms with E-state index < -0.39 is 16.2 Å². The van der Waals surface area contributed by atoms with Gasteiger partial charge in [-0.2, -0.15) is 0 Å². The lowest BCUT2D eigenvalue weighted by Crippen LogP contribution is -2.25. The first-order chi connectivity index (χ1) is 19.5. The van der Waals surface area contributed by atoms with E-state index in [1.165, 1.54) is 6.08 Å². The predicted octanol–water partition coefficient (Wildman–Crippen LogP) is 7.30. The van der Waals surface area contributed by atoms with Gasteiger partial charge in [-0.25, -0.2) is 0 Å². The van der Waals surface area contributed by atoms with E-state index in [-0.39, 0.29) is 31.3 Å². The monoisotopic (exact) mass is 580 g/mol. The van der Waals surface area contributed by atoms with Crippen molar-refractivity contribution >= 4 is 23.8 Å². The van der Waals surface area contributed by atoms with Crippen LogP contribution in [0.25, 0.3) is 6.08 Å². The van der Waals surface area contributed by atoms with Crippen LogP contribution in [0, 0.1) is 10.8 Å². The Labute approximate surface area is 249 Å². The second-order valence-corrected chi connectivity index (χ2v) is 12.4. The molecule has 8 heteroatoms. The first-order valence-electron chi connectivity index (χ1n) is 13.9.